The van der Waals surface area contributed by atoms with Crippen LogP contribution >= 0.6 is 0 Å². The number of amidine groups is 1. The molecule has 0 aliphatic carbocycles. The molecule has 8 nitrogen and oxygen atoms in total. The summed E-state index contributed by atoms with van der Waals surface area (Å²) in [7, 11) is 0. The van der Waals surface area contributed by atoms with Crippen LogP contribution in [0, 0.1) is 19.8 Å². The number of hydrogen-bond acceptors (Lipinski definition) is 7. The summed E-state index contributed by atoms with van der Waals surface area (Å²) < 4.78 is 1.82. The Kier molecular flexibility index (Phi) is 5.13. The first kappa shape index (κ1) is 21.3. The maximum atomic E-state index is 12.8. The van der Waals surface area contributed by atoms with Crippen LogP contribution in [-0.2, 0) is 4.79 Å². The van der Waals surface area contributed by atoms with Crippen LogP contribution in [0.4, 0.5) is 0 Å². The lowest BCUT2D eigenvalue weighted by atomic mass is 9.92. The number of aromatic nitrogens is 3. The minimum absolute atomic E-state index is 0.0239. The average Bonchev–Trinajstić information content (AvgIpc) is 3.39. The van der Waals surface area contributed by atoms with Crippen molar-refractivity contribution in [2.24, 2.45) is 10.9 Å². The van der Waals surface area contributed by atoms with Crippen molar-refractivity contribution in [1.82, 2.24) is 29.3 Å². The zero-order valence-electron chi connectivity index (χ0n) is 20.1. The fraction of sp³-hybridized carbons (Fsp3) is 0.462. The van der Waals surface area contributed by atoms with Crippen LogP contribution < -0.4 is 0 Å². The monoisotopic (exact) mass is 457 g/mol. The van der Waals surface area contributed by atoms with Crippen molar-refractivity contribution in [2.75, 3.05) is 32.7 Å². The molecule has 2 saturated heterocycles. The zero-order valence-corrected chi connectivity index (χ0v) is 20.1. The fourth-order valence-electron chi connectivity index (χ4n) is 5.92. The van der Waals surface area contributed by atoms with Crippen molar-refractivity contribution in [3.8, 4) is 0 Å². The summed E-state index contributed by atoms with van der Waals surface area (Å²) in [6, 6.07) is 2.69. The van der Waals surface area contributed by atoms with Gasteiger partial charge in [0.2, 0.25) is 0 Å². The molecule has 0 N–H and O–H groups in total. The molecule has 4 aliphatic rings. The lowest BCUT2D eigenvalue weighted by Gasteiger charge is -2.40. The summed E-state index contributed by atoms with van der Waals surface area (Å²) in [6.07, 6.45) is 12.3. The quantitative estimate of drug-likeness (QED) is 0.706. The molecule has 2 fully saturated rings. The second-order valence-electron chi connectivity index (χ2n) is 9.79. The number of ketones is 1. The molecule has 4 aliphatic heterocycles. The van der Waals surface area contributed by atoms with Gasteiger partial charge < -0.3 is 14.7 Å². The first-order valence-corrected chi connectivity index (χ1v) is 12.3. The average molecular weight is 458 g/mol. The molecule has 0 spiro atoms. The molecule has 34 heavy (non-hydrogen) atoms. The SMILES string of the molecule is CCN1CCC2CN(C3=CN4CC(=O)C=C(c5cc6c(C)nc(C)cn6n5)N=C4C=C3)CCC21. The molecule has 2 aromatic heterocycles. The van der Waals surface area contributed by atoms with Gasteiger partial charge in [0.15, 0.2) is 5.78 Å². The number of fused-ring (bicyclic) bond motifs is 3. The summed E-state index contributed by atoms with van der Waals surface area (Å²) in [4.78, 5) is 29.3. The maximum Gasteiger partial charge on any atom is 0.177 e. The van der Waals surface area contributed by atoms with E-state index in [4.69, 9.17) is 4.99 Å². The number of carbonyl (C=O) groups is 1. The Morgan fingerprint density at radius 3 is 2.88 bits per heavy atom. The molecule has 0 radical (unpaired) electrons. The molecule has 6 heterocycles. The van der Waals surface area contributed by atoms with E-state index >= 15 is 0 Å². The molecule has 8 heteroatoms. The van der Waals surface area contributed by atoms with E-state index in [9.17, 15) is 4.79 Å². The van der Waals surface area contributed by atoms with Crippen molar-refractivity contribution < 1.29 is 4.79 Å². The number of rotatable bonds is 3. The minimum Gasteiger partial charge on any atom is -0.370 e. The molecule has 0 amide bonds. The Morgan fingerprint density at radius 2 is 2.03 bits per heavy atom. The first-order chi connectivity index (χ1) is 16.5. The number of likely N-dealkylation sites (tertiary alicyclic amines) is 2. The Balaban J connectivity index is 1.25. The van der Waals surface area contributed by atoms with E-state index < -0.39 is 0 Å². The van der Waals surface area contributed by atoms with E-state index in [-0.39, 0.29) is 12.3 Å². The van der Waals surface area contributed by atoms with Gasteiger partial charge in [0.05, 0.1) is 41.0 Å². The standard InChI is InChI=1S/C26H31N7O/c1-4-30-9-7-19-14-31(10-8-24(19)30)20-5-6-26-28-22(11-21(34)16-32(26)15-20)23-12-25-18(3)27-17(2)13-33(25)29-23/h5-6,11-13,15,19,24H,4,7-10,14,16H2,1-3H3. The molecule has 0 bridgehead atoms. The topological polar surface area (TPSA) is 69.3 Å². The number of aryl methyl sites for hydroxylation is 2. The van der Waals surface area contributed by atoms with Crippen LogP contribution in [0.15, 0.2) is 47.4 Å². The van der Waals surface area contributed by atoms with Crippen LogP contribution in [0.5, 0.6) is 0 Å². The van der Waals surface area contributed by atoms with Crippen molar-refractivity contribution in [3.63, 3.8) is 0 Å². The van der Waals surface area contributed by atoms with E-state index in [1.807, 2.05) is 41.6 Å². The second-order valence-corrected chi connectivity index (χ2v) is 9.79. The van der Waals surface area contributed by atoms with Gasteiger partial charge in [0.25, 0.3) is 0 Å². The summed E-state index contributed by atoms with van der Waals surface area (Å²) >= 11 is 0. The summed E-state index contributed by atoms with van der Waals surface area (Å²) in [5.41, 5.74) is 5.19. The molecular formula is C26H31N7O. The van der Waals surface area contributed by atoms with E-state index in [0.717, 1.165) is 54.3 Å². The van der Waals surface area contributed by atoms with E-state index in [2.05, 4.69) is 39.1 Å². The predicted molar refractivity (Wildman–Crippen MR) is 132 cm³/mol. The number of carbonyl (C=O) groups excluding carboxylic acids is 1. The lowest BCUT2D eigenvalue weighted by Crippen LogP contribution is -2.46. The Hall–Kier alpha value is -3.26. The van der Waals surface area contributed by atoms with Crippen LogP contribution in [0.25, 0.3) is 11.2 Å². The molecule has 6 rings (SSSR count). The predicted octanol–water partition coefficient (Wildman–Crippen LogP) is 2.80. The van der Waals surface area contributed by atoms with Crippen molar-refractivity contribution in [1.29, 1.82) is 0 Å². The van der Waals surface area contributed by atoms with Gasteiger partial charge in [0, 0.05) is 31.4 Å². The van der Waals surface area contributed by atoms with Gasteiger partial charge in [-0.05, 0) is 63.9 Å². The molecule has 2 atom stereocenters. The number of nitrogens with zero attached hydrogens (tertiary/aromatic N) is 7. The van der Waals surface area contributed by atoms with E-state index in [1.165, 1.54) is 25.1 Å². The summed E-state index contributed by atoms with van der Waals surface area (Å²) in [6.45, 7) is 11.0. The number of piperidine rings is 1. The lowest BCUT2D eigenvalue weighted by molar-refractivity contribution is -0.114. The third-order valence-corrected chi connectivity index (χ3v) is 7.59. The smallest absolute Gasteiger partial charge is 0.177 e. The number of allylic oxidation sites excluding steroid dienone is 1. The van der Waals surface area contributed by atoms with E-state index in [1.54, 1.807) is 6.08 Å². The number of hydrogen-bond donors (Lipinski definition) is 0. The molecule has 2 unspecified atom stereocenters. The third-order valence-electron chi connectivity index (χ3n) is 7.59. The first-order valence-electron chi connectivity index (χ1n) is 12.3. The molecule has 176 valence electrons. The largest absolute Gasteiger partial charge is 0.370 e. The number of aliphatic imine (C=N–C) groups is 1. The maximum absolute atomic E-state index is 12.8. The highest BCUT2D eigenvalue weighted by atomic mass is 16.1. The second kappa shape index (κ2) is 8.20. The van der Waals surface area contributed by atoms with Gasteiger partial charge in [-0.15, -0.1) is 0 Å². The van der Waals surface area contributed by atoms with Gasteiger partial charge >= 0.3 is 0 Å². The summed E-state index contributed by atoms with van der Waals surface area (Å²) in [5, 5.41) is 4.68. The van der Waals surface area contributed by atoms with Gasteiger partial charge in [-0.2, -0.15) is 5.10 Å². The Morgan fingerprint density at radius 1 is 1.15 bits per heavy atom. The van der Waals surface area contributed by atoms with Gasteiger partial charge in [-0.25, -0.2) is 9.51 Å². The van der Waals surface area contributed by atoms with Crippen LogP contribution in [0.3, 0.4) is 0 Å². The molecule has 2 aromatic rings. The zero-order chi connectivity index (χ0) is 23.4. The van der Waals surface area contributed by atoms with Crippen molar-refractivity contribution >= 4 is 22.8 Å². The van der Waals surface area contributed by atoms with Gasteiger partial charge in [-0.1, -0.05) is 6.92 Å². The molecular weight excluding hydrogens is 426 g/mol. The van der Waals surface area contributed by atoms with Crippen molar-refractivity contribution in [2.45, 2.75) is 39.7 Å². The molecule has 0 aromatic carbocycles. The third kappa shape index (κ3) is 3.66. The molecule has 0 saturated carbocycles. The van der Waals surface area contributed by atoms with Crippen LogP contribution in [0.2, 0.25) is 0 Å². The van der Waals surface area contributed by atoms with Crippen LogP contribution in [-0.4, -0.2) is 79.7 Å². The van der Waals surface area contributed by atoms with Crippen molar-refractivity contribution in [3.05, 3.63) is 59.5 Å². The van der Waals surface area contributed by atoms with Crippen LogP contribution in [0.1, 0.15) is 36.8 Å². The summed E-state index contributed by atoms with van der Waals surface area (Å²) in [5.74, 6) is 1.53. The Bertz CT molecular complexity index is 1280. The highest BCUT2D eigenvalue weighted by Gasteiger charge is 2.38. The minimum atomic E-state index is 0.0239. The normalized spacial score (nSPS) is 25.1. The van der Waals surface area contributed by atoms with Gasteiger partial charge in [0.1, 0.15) is 11.5 Å². The Labute approximate surface area is 200 Å². The van der Waals surface area contributed by atoms with E-state index in [0.29, 0.717) is 11.4 Å². The van der Waals surface area contributed by atoms with Gasteiger partial charge in [-0.3, -0.25) is 9.78 Å². The highest BCUT2D eigenvalue weighted by Crippen LogP contribution is 2.33. The fourth-order valence-corrected chi connectivity index (χ4v) is 5.92. The highest BCUT2D eigenvalue weighted by molar-refractivity contribution is 6.08.